The number of hydrogen-bond donors (Lipinski definition) is 1. The quantitative estimate of drug-likeness (QED) is 0.492. The number of nitro benzene ring substituents is 2. The lowest BCUT2D eigenvalue weighted by atomic mass is 10.1. The molecular weight excluding hydrogens is 316 g/mol. The summed E-state index contributed by atoms with van der Waals surface area (Å²) in [5.41, 5.74) is 3.26. The molecule has 0 radical (unpaired) electrons. The molecule has 1 N–H and O–H groups in total. The van der Waals surface area contributed by atoms with E-state index in [9.17, 15) is 20.2 Å². The Morgan fingerprint density at radius 2 is 1.75 bits per heavy atom. The van der Waals surface area contributed by atoms with Gasteiger partial charge in [-0.3, -0.25) is 25.7 Å². The summed E-state index contributed by atoms with van der Waals surface area (Å²) in [4.78, 5) is 20.4. The highest BCUT2D eigenvalue weighted by Crippen LogP contribution is 2.29. The van der Waals surface area contributed by atoms with E-state index in [2.05, 4.69) is 10.5 Å². The minimum absolute atomic E-state index is 0.0680. The molecule has 0 heterocycles. The number of ether oxygens (including phenoxy) is 1. The van der Waals surface area contributed by atoms with E-state index in [4.69, 9.17) is 4.74 Å². The van der Waals surface area contributed by atoms with Crippen molar-refractivity contribution in [2.24, 2.45) is 5.10 Å². The molecule has 24 heavy (non-hydrogen) atoms. The SMILES string of the molecule is COc1ccc(/C(C)=N\Nc2ccc([N+](=O)[O-])cc2[N+](=O)[O-])cc1. The van der Waals surface area contributed by atoms with Crippen molar-refractivity contribution in [3.63, 3.8) is 0 Å². The van der Waals surface area contributed by atoms with Crippen LogP contribution in [0, 0.1) is 20.2 Å². The lowest BCUT2D eigenvalue weighted by Crippen LogP contribution is -2.02. The minimum atomic E-state index is -0.701. The van der Waals surface area contributed by atoms with Crippen molar-refractivity contribution in [2.45, 2.75) is 6.92 Å². The first-order chi connectivity index (χ1) is 11.4. The highest BCUT2D eigenvalue weighted by Gasteiger charge is 2.19. The van der Waals surface area contributed by atoms with Crippen LogP contribution in [0.25, 0.3) is 0 Å². The smallest absolute Gasteiger partial charge is 0.301 e. The number of benzene rings is 2. The van der Waals surface area contributed by atoms with E-state index in [1.807, 2.05) is 0 Å². The molecule has 124 valence electrons. The van der Waals surface area contributed by atoms with E-state index in [-0.39, 0.29) is 11.4 Å². The first kappa shape index (κ1) is 16.9. The normalized spacial score (nSPS) is 11.0. The molecule has 0 aliphatic heterocycles. The van der Waals surface area contributed by atoms with Crippen LogP contribution in [0.1, 0.15) is 12.5 Å². The molecule has 2 rings (SSSR count). The average molecular weight is 330 g/mol. The predicted molar refractivity (Wildman–Crippen MR) is 88.6 cm³/mol. The van der Waals surface area contributed by atoms with Crippen molar-refractivity contribution in [2.75, 3.05) is 12.5 Å². The predicted octanol–water partition coefficient (Wildman–Crippen LogP) is 3.35. The summed E-state index contributed by atoms with van der Waals surface area (Å²) < 4.78 is 5.07. The van der Waals surface area contributed by atoms with Crippen LogP contribution in [0.2, 0.25) is 0 Å². The monoisotopic (exact) mass is 330 g/mol. The second-order valence-corrected chi connectivity index (χ2v) is 4.75. The second-order valence-electron chi connectivity index (χ2n) is 4.75. The number of rotatable bonds is 6. The fourth-order valence-corrected chi connectivity index (χ4v) is 1.92. The fraction of sp³-hybridized carbons (Fsp3) is 0.133. The number of nitro groups is 2. The summed E-state index contributed by atoms with van der Waals surface area (Å²) in [7, 11) is 1.56. The summed E-state index contributed by atoms with van der Waals surface area (Å²) in [6.45, 7) is 1.73. The first-order valence-corrected chi connectivity index (χ1v) is 6.80. The van der Waals surface area contributed by atoms with E-state index in [0.29, 0.717) is 11.5 Å². The van der Waals surface area contributed by atoms with Crippen molar-refractivity contribution in [3.8, 4) is 5.75 Å². The molecule has 0 aromatic heterocycles. The zero-order chi connectivity index (χ0) is 17.7. The third-order valence-corrected chi connectivity index (χ3v) is 3.24. The number of anilines is 1. The van der Waals surface area contributed by atoms with E-state index in [1.54, 1.807) is 38.3 Å². The summed E-state index contributed by atoms with van der Waals surface area (Å²) in [6, 6.07) is 10.4. The van der Waals surface area contributed by atoms with Crippen LogP contribution in [0.3, 0.4) is 0 Å². The molecule has 2 aromatic carbocycles. The number of non-ortho nitro benzene ring substituents is 1. The molecule has 9 nitrogen and oxygen atoms in total. The van der Waals surface area contributed by atoms with Gasteiger partial charge < -0.3 is 4.74 Å². The maximum absolute atomic E-state index is 11.1. The molecule has 0 amide bonds. The minimum Gasteiger partial charge on any atom is -0.497 e. The molecule has 0 unspecified atom stereocenters. The van der Waals surface area contributed by atoms with Crippen LogP contribution in [-0.4, -0.2) is 22.7 Å². The Bertz CT molecular complexity index is 802. The van der Waals surface area contributed by atoms with Gasteiger partial charge in [-0.25, -0.2) is 0 Å². The summed E-state index contributed by atoms with van der Waals surface area (Å²) in [5.74, 6) is 0.700. The van der Waals surface area contributed by atoms with Gasteiger partial charge in [-0.1, -0.05) is 0 Å². The Kier molecular flexibility index (Phi) is 5.05. The highest BCUT2D eigenvalue weighted by molar-refractivity contribution is 5.99. The maximum atomic E-state index is 11.1. The standard InChI is InChI=1S/C15H14N4O5/c1-10(11-3-6-13(24-2)7-4-11)16-17-14-8-5-12(18(20)21)9-15(14)19(22)23/h3-9,17H,1-2H3/b16-10-. The Hall–Kier alpha value is -3.49. The molecule has 9 heteroatoms. The largest absolute Gasteiger partial charge is 0.497 e. The molecule has 0 aliphatic rings. The Morgan fingerprint density at radius 1 is 1.08 bits per heavy atom. The maximum Gasteiger partial charge on any atom is 0.301 e. The number of nitrogens with zero attached hydrogens (tertiary/aromatic N) is 3. The lowest BCUT2D eigenvalue weighted by molar-refractivity contribution is -0.393. The molecule has 0 bridgehead atoms. The fourth-order valence-electron chi connectivity index (χ4n) is 1.92. The number of methoxy groups -OCH3 is 1. The van der Waals surface area contributed by atoms with Gasteiger partial charge in [0.15, 0.2) is 0 Å². The molecule has 0 saturated carbocycles. The van der Waals surface area contributed by atoms with Crippen LogP contribution in [0.4, 0.5) is 17.1 Å². The van der Waals surface area contributed by atoms with Crippen molar-refractivity contribution >= 4 is 22.8 Å². The first-order valence-electron chi connectivity index (χ1n) is 6.80. The number of nitrogens with one attached hydrogen (secondary N) is 1. The van der Waals surface area contributed by atoms with Gasteiger partial charge in [0.05, 0.1) is 28.7 Å². The molecule has 0 spiro atoms. The zero-order valence-corrected chi connectivity index (χ0v) is 12.9. The lowest BCUT2D eigenvalue weighted by Gasteiger charge is -2.05. The van der Waals surface area contributed by atoms with Crippen molar-refractivity contribution in [1.29, 1.82) is 0 Å². The third kappa shape index (κ3) is 3.83. The molecular formula is C15H14N4O5. The molecule has 0 saturated heterocycles. The van der Waals surface area contributed by atoms with Gasteiger partial charge in [-0.05, 0) is 42.8 Å². The Balaban J connectivity index is 2.26. The zero-order valence-electron chi connectivity index (χ0n) is 12.9. The summed E-state index contributed by atoms with van der Waals surface area (Å²) in [6.07, 6.45) is 0. The average Bonchev–Trinajstić information content (AvgIpc) is 2.59. The highest BCUT2D eigenvalue weighted by atomic mass is 16.6. The van der Waals surface area contributed by atoms with Gasteiger partial charge in [0.25, 0.3) is 5.69 Å². The summed E-state index contributed by atoms with van der Waals surface area (Å²) in [5, 5.41) is 25.9. The number of hydrazone groups is 1. The van der Waals surface area contributed by atoms with Gasteiger partial charge in [0.1, 0.15) is 11.4 Å². The van der Waals surface area contributed by atoms with Gasteiger partial charge in [0, 0.05) is 6.07 Å². The van der Waals surface area contributed by atoms with Crippen LogP contribution in [-0.2, 0) is 0 Å². The number of hydrogen-bond acceptors (Lipinski definition) is 7. The molecule has 0 fully saturated rings. The Labute approximate surface area is 136 Å². The van der Waals surface area contributed by atoms with Gasteiger partial charge in [0.2, 0.25) is 0 Å². The Morgan fingerprint density at radius 3 is 2.29 bits per heavy atom. The van der Waals surface area contributed by atoms with Gasteiger partial charge >= 0.3 is 5.69 Å². The van der Waals surface area contributed by atoms with Crippen molar-refractivity contribution in [1.82, 2.24) is 0 Å². The van der Waals surface area contributed by atoms with Crippen LogP contribution >= 0.6 is 0 Å². The summed E-state index contributed by atoms with van der Waals surface area (Å²) >= 11 is 0. The van der Waals surface area contributed by atoms with Crippen LogP contribution in [0.15, 0.2) is 47.6 Å². The van der Waals surface area contributed by atoms with Crippen molar-refractivity contribution in [3.05, 3.63) is 68.3 Å². The van der Waals surface area contributed by atoms with E-state index < -0.39 is 15.5 Å². The molecule has 0 aliphatic carbocycles. The third-order valence-electron chi connectivity index (χ3n) is 3.24. The molecule has 2 aromatic rings. The van der Waals surface area contributed by atoms with E-state index in [0.717, 1.165) is 11.6 Å². The van der Waals surface area contributed by atoms with Crippen molar-refractivity contribution < 1.29 is 14.6 Å². The van der Waals surface area contributed by atoms with Gasteiger partial charge in [-0.15, -0.1) is 0 Å². The van der Waals surface area contributed by atoms with Gasteiger partial charge in [-0.2, -0.15) is 5.10 Å². The second kappa shape index (κ2) is 7.18. The van der Waals surface area contributed by atoms with Crippen LogP contribution in [0.5, 0.6) is 5.75 Å². The van der Waals surface area contributed by atoms with E-state index in [1.165, 1.54) is 12.1 Å². The van der Waals surface area contributed by atoms with Crippen LogP contribution < -0.4 is 10.2 Å². The van der Waals surface area contributed by atoms with E-state index >= 15 is 0 Å². The topological polar surface area (TPSA) is 120 Å². The molecule has 0 atom stereocenters.